The van der Waals surface area contributed by atoms with Crippen LogP contribution in [0, 0.1) is 0 Å². The largest absolute Gasteiger partial charge is 0.119 e. The van der Waals surface area contributed by atoms with Gasteiger partial charge in [0.15, 0.2) is 0 Å². The molecule has 0 aromatic heterocycles. The summed E-state index contributed by atoms with van der Waals surface area (Å²) in [6.07, 6.45) is 16.9. The van der Waals surface area contributed by atoms with Crippen molar-refractivity contribution in [3.05, 3.63) is 48.5 Å². The van der Waals surface area contributed by atoms with Crippen LogP contribution in [0.5, 0.6) is 0 Å². The van der Waals surface area contributed by atoms with Crippen molar-refractivity contribution in [1.82, 2.24) is 0 Å². The average Bonchev–Trinajstić information content (AvgIpc) is 3.04. The number of hydrogen-bond donors (Lipinski definition) is 0. The fraction of sp³-hybridized carbons (Fsp3) is 0.571. The van der Waals surface area contributed by atoms with Crippen LogP contribution in [0.3, 0.4) is 0 Å². The van der Waals surface area contributed by atoms with Gasteiger partial charge >= 0.3 is 0 Å². The van der Waals surface area contributed by atoms with E-state index < -0.39 is 8.07 Å². The molecule has 0 bridgehead atoms. The van der Waals surface area contributed by atoms with Crippen molar-refractivity contribution in [3.63, 3.8) is 0 Å². The molecule has 0 aliphatic carbocycles. The molecule has 0 atom stereocenters. The van der Waals surface area contributed by atoms with E-state index in [1.165, 1.54) is 89.1 Å². The minimum Gasteiger partial charge on any atom is -0.0654 e. The summed E-state index contributed by atoms with van der Waals surface area (Å²) >= 11 is 0. The first-order valence-corrected chi connectivity index (χ1v) is 14.9. The Morgan fingerprint density at radius 3 is 1.31 bits per heavy atom. The maximum atomic E-state index is 2.50. The zero-order valence-electron chi connectivity index (χ0n) is 19.0. The molecule has 1 heterocycles. The molecule has 0 spiro atoms. The third-order valence-corrected chi connectivity index (χ3v) is 12.4. The number of fused-ring (bicyclic) bond motifs is 3. The Hall–Kier alpha value is -1.34. The van der Waals surface area contributed by atoms with Gasteiger partial charge in [0, 0.05) is 0 Å². The van der Waals surface area contributed by atoms with Crippen LogP contribution in [0.1, 0.15) is 90.9 Å². The van der Waals surface area contributed by atoms with Crippen LogP contribution in [-0.2, 0) is 0 Å². The van der Waals surface area contributed by atoms with Gasteiger partial charge in [0.1, 0.15) is 8.07 Å². The molecule has 3 rings (SSSR count). The van der Waals surface area contributed by atoms with E-state index in [0.717, 1.165) is 0 Å². The van der Waals surface area contributed by atoms with Gasteiger partial charge in [-0.3, -0.25) is 0 Å². The highest BCUT2D eigenvalue weighted by Gasteiger charge is 2.43. The van der Waals surface area contributed by atoms with Crippen molar-refractivity contribution in [1.29, 1.82) is 0 Å². The molecule has 1 aliphatic heterocycles. The lowest BCUT2D eigenvalue weighted by molar-refractivity contribution is 0.616. The topological polar surface area (TPSA) is 0 Å². The Morgan fingerprint density at radius 2 is 0.862 bits per heavy atom. The van der Waals surface area contributed by atoms with Gasteiger partial charge in [0.25, 0.3) is 0 Å². The molecule has 1 aliphatic rings. The highest BCUT2D eigenvalue weighted by molar-refractivity contribution is 7.05. The van der Waals surface area contributed by atoms with Gasteiger partial charge in [-0.15, -0.1) is 0 Å². The number of rotatable bonds is 14. The predicted molar refractivity (Wildman–Crippen MR) is 133 cm³/mol. The summed E-state index contributed by atoms with van der Waals surface area (Å²) in [5, 5.41) is 3.51. The first-order valence-electron chi connectivity index (χ1n) is 12.5. The Balaban J connectivity index is 1.75. The summed E-state index contributed by atoms with van der Waals surface area (Å²) in [4.78, 5) is 0. The normalized spacial score (nSPS) is 14.0. The number of unbranched alkanes of at least 4 members (excludes halogenated alkanes) is 10. The average molecular weight is 407 g/mol. The third kappa shape index (κ3) is 5.42. The highest BCUT2D eigenvalue weighted by atomic mass is 28.3. The fourth-order valence-electron chi connectivity index (χ4n) is 5.49. The van der Waals surface area contributed by atoms with Crippen molar-refractivity contribution in [3.8, 4) is 11.1 Å². The van der Waals surface area contributed by atoms with Crippen LogP contribution in [0.2, 0.25) is 12.1 Å². The summed E-state index contributed by atoms with van der Waals surface area (Å²) < 4.78 is 0. The first kappa shape index (κ1) is 22.3. The fourth-order valence-corrected chi connectivity index (χ4v) is 11.1. The molecule has 0 N–H and O–H groups in total. The highest BCUT2D eigenvalue weighted by Crippen LogP contribution is 2.35. The Bertz CT molecular complexity index is 669. The smallest absolute Gasteiger partial charge is 0.0654 e. The van der Waals surface area contributed by atoms with Crippen molar-refractivity contribution < 1.29 is 0 Å². The Morgan fingerprint density at radius 1 is 0.483 bits per heavy atom. The molecular weight excluding hydrogens is 364 g/mol. The Labute approximate surface area is 181 Å². The van der Waals surface area contributed by atoms with Gasteiger partial charge in [-0.1, -0.05) is 139 Å². The van der Waals surface area contributed by atoms with E-state index in [0.29, 0.717) is 0 Å². The van der Waals surface area contributed by atoms with Gasteiger partial charge in [-0.25, -0.2) is 0 Å². The summed E-state index contributed by atoms with van der Waals surface area (Å²) in [5.74, 6) is 0. The minimum absolute atomic E-state index is 1.34. The molecule has 158 valence electrons. The predicted octanol–water partition coefficient (Wildman–Crippen LogP) is 7.95. The summed E-state index contributed by atoms with van der Waals surface area (Å²) in [6, 6.07) is 21.8. The lowest BCUT2D eigenvalue weighted by atomic mass is 10.1. The maximum Gasteiger partial charge on any atom is 0.119 e. The van der Waals surface area contributed by atoms with E-state index in [1.807, 2.05) is 0 Å². The van der Waals surface area contributed by atoms with Crippen LogP contribution in [-0.4, -0.2) is 8.07 Å². The molecule has 0 nitrogen and oxygen atoms in total. The van der Waals surface area contributed by atoms with E-state index >= 15 is 0 Å². The standard InChI is InChI=1S/C28H42Si/c1-3-5-7-9-11-17-23-29(24-18-12-10-8-6-4-2)27-21-15-13-19-25(27)26-20-14-16-22-28(26)29/h13-16,19-22H,3-12,17-18,23-24H2,1-2H3. The first-order chi connectivity index (χ1) is 14.3. The third-order valence-electron chi connectivity index (χ3n) is 7.09. The zero-order valence-corrected chi connectivity index (χ0v) is 20.0. The molecule has 1 heteroatoms. The maximum absolute atomic E-state index is 2.50. The molecule has 0 fully saturated rings. The van der Waals surface area contributed by atoms with E-state index in [1.54, 1.807) is 21.5 Å². The summed E-state index contributed by atoms with van der Waals surface area (Å²) in [7, 11) is -1.61. The monoisotopic (exact) mass is 406 g/mol. The molecule has 0 saturated heterocycles. The van der Waals surface area contributed by atoms with Crippen molar-refractivity contribution in [2.24, 2.45) is 0 Å². The number of hydrogen-bond acceptors (Lipinski definition) is 0. The van der Waals surface area contributed by atoms with Crippen LogP contribution in [0.4, 0.5) is 0 Å². The van der Waals surface area contributed by atoms with E-state index in [-0.39, 0.29) is 0 Å². The van der Waals surface area contributed by atoms with Gasteiger partial charge in [-0.05, 0) is 33.6 Å². The van der Waals surface area contributed by atoms with Crippen molar-refractivity contribution >= 4 is 18.4 Å². The molecule has 0 radical (unpaired) electrons. The lowest BCUT2D eigenvalue weighted by Gasteiger charge is -2.30. The molecule has 0 amide bonds. The van der Waals surface area contributed by atoms with Crippen LogP contribution in [0.25, 0.3) is 11.1 Å². The van der Waals surface area contributed by atoms with Crippen molar-refractivity contribution in [2.45, 2.75) is 103 Å². The second-order valence-electron chi connectivity index (χ2n) is 9.21. The summed E-state index contributed by atoms with van der Waals surface area (Å²) in [5.41, 5.74) is 3.12. The van der Waals surface area contributed by atoms with Crippen LogP contribution >= 0.6 is 0 Å². The van der Waals surface area contributed by atoms with Crippen LogP contribution in [0.15, 0.2) is 48.5 Å². The second kappa shape index (κ2) is 11.7. The van der Waals surface area contributed by atoms with E-state index in [4.69, 9.17) is 0 Å². The zero-order chi connectivity index (χ0) is 20.4. The van der Waals surface area contributed by atoms with Crippen molar-refractivity contribution in [2.75, 3.05) is 0 Å². The molecule has 0 saturated carbocycles. The van der Waals surface area contributed by atoms with Gasteiger partial charge in [0.05, 0.1) is 0 Å². The molecule has 0 unspecified atom stereocenters. The van der Waals surface area contributed by atoms with Gasteiger partial charge < -0.3 is 0 Å². The number of benzene rings is 2. The SMILES string of the molecule is CCCCCCCC[Si]1(CCCCCCCC)c2ccccc2-c2ccccc21. The minimum atomic E-state index is -1.61. The molecule has 29 heavy (non-hydrogen) atoms. The van der Waals surface area contributed by atoms with E-state index in [2.05, 4.69) is 62.4 Å². The quantitative estimate of drug-likeness (QED) is 0.220. The lowest BCUT2D eigenvalue weighted by Crippen LogP contribution is -2.55. The molecular formula is C28H42Si. The van der Waals surface area contributed by atoms with Crippen LogP contribution < -0.4 is 10.4 Å². The molecule has 2 aromatic rings. The van der Waals surface area contributed by atoms with Gasteiger partial charge in [0.2, 0.25) is 0 Å². The second-order valence-corrected chi connectivity index (χ2v) is 13.5. The Kier molecular flexibility index (Phi) is 9.05. The molecule has 2 aromatic carbocycles. The summed E-state index contributed by atoms with van der Waals surface area (Å²) in [6.45, 7) is 4.63. The van der Waals surface area contributed by atoms with Gasteiger partial charge in [-0.2, -0.15) is 0 Å². The van der Waals surface area contributed by atoms with E-state index in [9.17, 15) is 0 Å².